The molecule has 1 amide bonds. The van der Waals surface area contributed by atoms with E-state index in [0.29, 0.717) is 13.0 Å². The number of thiazole rings is 1. The van der Waals surface area contributed by atoms with Crippen molar-refractivity contribution >= 4 is 23.2 Å². The molecule has 5 aromatic rings. The topological polar surface area (TPSA) is 98.2 Å². The molecule has 1 atom stereocenters. The number of carbonyl (C=O) groups excluding carboxylic acids is 1. The van der Waals surface area contributed by atoms with E-state index in [2.05, 4.69) is 98.9 Å². The van der Waals surface area contributed by atoms with Crippen LogP contribution in [0.4, 0.5) is 0 Å². The number of nitrogens with one attached hydrogen (secondary N) is 1. The van der Waals surface area contributed by atoms with E-state index < -0.39 is 5.54 Å². The van der Waals surface area contributed by atoms with E-state index in [9.17, 15) is 4.79 Å². The molecule has 3 N–H and O–H groups in total. The first-order valence-electron chi connectivity index (χ1n) is 13.8. The van der Waals surface area contributed by atoms with Crippen LogP contribution in [0.5, 0.6) is 0 Å². The highest BCUT2D eigenvalue weighted by molar-refractivity contribution is 7.09. The van der Waals surface area contributed by atoms with Crippen molar-refractivity contribution in [3.8, 4) is 0 Å². The predicted octanol–water partition coefficient (Wildman–Crippen LogP) is 5.74. The van der Waals surface area contributed by atoms with Gasteiger partial charge in [0.1, 0.15) is 5.54 Å². The van der Waals surface area contributed by atoms with Crippen LogP contribution in [-0.2, 0) is 16.8 Å². The number of hydrogen-bond donors (Lipinski definition) is 2. The zero-order valence-corrected chi connectivity index (χ0v) is 23.9. The molecule has 0 fully saturated rings. The Bertz CT molecular complexity index is 1450. The van der Waals surface area contributed by atoms with Gasteiger partial charge >= 0.3 is 0 Å². The molecule has 0 aliphatic heterocycles. The molecule has 0 aliphatic rings. The largest absolute Gasteiger partial charge is 0.370 e. The Morgan fingerprint density at radius 1 is 0.951 bits per heavy atom. The van der Waals surface area contributed by atoms with Gasteiger partial charge < -0.3 is 10.3 Å². The summed E-state index contributed by atoms with van der Waals surface area (Å²) >= 11 is 1.55. The van der Waals surface area contributed by atoms with Crippen molar-refractivity contribution in [2.45, 2.75) is 37.6 Å². The van der Waals surface area contributed by atoms with E-state index in [1.807, 2.05) is 36.8 Å². The Morgan fingerprint density at radius 2 is 1.54 bits per heavy atom. The number of benzene rings is 3. The number of guanidine groups is 1. The zero-order chi connectivity index (χ0) is 28.5. The number of imidazole rings is 1. The second-order valence-corrected chi connectivity index (χ2v) is 10.9. The summed E-state index contributed by atoms with van der Waals surface area (Å²) in [6, 6.07) is 31.6. The van der Waals surface area contributed by atoms with Gasteiger partial charge in [0.05, 0.1) is 17.0 Å². The molecule has 2 heterocycles. The molecule has 3 aromatic carbocycles. The number of aromatic nitrogens is 3. The molecular formula is C33H34N6OS. The summed E-state index contributed by atoms with van der Waals surface area (Å²) in [7, 11) is 0. The third-order valence-electron chi connectivity index (χ3n) is 7.10. The second-order valence-electron chi connectivity index (χ2n) is 9.97. The van der Waals surface area contributed by atoms with Gasteiger partial charge in [-0.3, -0.25) is 15.1 Å². The van der Waals surface area contributed by atoms with E-state index in [4.69, 9.17) is 10.7 Å². The number of carbonyl (C=O) groups is 1. The number of nitrogens with zero attached hydrogens (tertiary/aromatic N) is 4. The third kappa shape index (κ3) is 6.44. The van der Waals surface area contributed by atoms with Crippen molar-refractivity contribution in [2.75, 3.05) is 6.54 Å². The van der Waals surface area contributed by atoms with E-state index in [1.165, 1.54) is 0 Å². The number of aliphatic imine (C=N–C) groups is 1. The normalized spacial score (nSPS) is 12.7. The highest BCUT2D eigenvalue weighted by Crippen LogP contribution is 2.40. The average Bonchev–Trinajstić information content (AvgIpc) is 3.71. The van der Waals surface area contributed by atoms with Crippen LogP contribution in [-0.4, -0.2) is 32.9 Å². The summed E-state index contributed by atoms with van der Waals surface area (Å²) in [5.74, 6) is 0.0163. The molecule has 0 bridgehead atoms. The quantitative estimate of drug-likeness (QED) is 0.0929. The molecule has 0 spiro atoms. The number of nitrogens with two attached hydrogens (primary N) is 1. The van der Waals surface area contributed by atoms with Gasteiger partial charge in [-0.25, -0.2) is 9.97 Å². The summed E-state index contributed by atoms with van der Waals surface area (Å²) in [5.41, 5.74) is 9.82. The van der Waals surface area contributed by atoms with Crippen molar-refractivity contribution in [1.29, 1.82) is 0 Å². The Morgan fingerprint density at radius 3 is 2.07 bits per heavy atom. The Balaban J connectivity index is 1.30. The van der Waals surface area contributed by atoms with Crippen molar-refractivity contribution < 1.29 is 4.79 Å². The molecule has 41 heavy (non-hydrogen) atoms. The van der Waals surface area contributed by atoms with Gasteiger partial charge in [0, 0.05) is 36.7 Å². The average molecular weight is 563 g/mol. The molecule has 2 aromatic heterocycles. The minimum Gasteiger partial charge on any atom is -0.370 e. The van der Waals surface area contributed by atoms with E-state index in [0.717, 1.165) is 40.2 Å². The first-order chi connectivity index (χ1) is 20.1. The molecule has 0 radical (unpaired) electrons. The summed E-state index contributed by atoms with van der Waals surface area (Å²) in [6.45, 7) is 2.47. The summed E-state index contributed by atoms with van der Waals surface area (Å²) in [6.07, 6.45) is 7.59. The summed E-state index contributed by atoms with van der Waals surface area (Å²) in [4.78, 5) is 25.8. The number of aryl methyl sites for hydroxylation is 1. The molecular weight excluding hydrogens is 528 g/mol. The van der Waals surface area contributed by atoms with Crippen molar-refractivity contribution in [1.82, 2.24) is 19.9 Å². The highest BCUT2D eigenvalue weighted by atomic mass is 32.1. The van der Waals surface area contributed by atoms with E-state index in [1.54, 1.807) is 17.5 Å². The molecule has 1 unspecified atom stereocenters. The van der Waals surface area contributed by atoms with E-state index >= 15 is 0 Å². The predicted molar refractivity (Wildman–Crippen MR) is 165 cm³/mol. The maximum Gasteiger partial charge on any atom is 0.227 e. The van der Waals surface area contributed by atoms with Crippen LogP contribution < -0.4 is 11.1 Å². The van der Waals surface area contributed by atoms with Gasteiger partial charge in [-0.2, -0.15) is 0 Å². The van der Waals surface area contributed by atoms with Crippen LogP contribution in [0.1, 0.15) is 53.1 Å². The van der Waals surface area contributed by atoms with Gasteiger partial charge in [0.15, 0.2) is 5.96 Å². The maximum absolute atomic E-state index is 12.4. The van der Waals surface area contributed by atoms with Gasteiger partial charge in [-0.05, 0) is 29.5 Å². The fourth-order valence-electron chi connectivity index (χ4n) is 5.20. The van der Waals surface area contributed by atoms with Crippen LogP contribution in [0, 0.1) is 0 Å². The fourth-order valence-corrected chi connectivity index (χ4v) is 5.90. The lowest BCUT2D eigenvalue weighted by atomic mass is 9.77. The number of rotatable bonds is 11. The van der Waals surface area contributed by atoms with Crippen LogP contribution in [0.2, 0.25) is 0 Å². The lowest BCUT2D eigenvalue weighted by Crippen LogP contribution is -2.37. The van der Waals surface area contributed by atoms with Gasteiger partial charge in [0.25, 0.3) is 0 Å². The van der Waals surface area contributed by atoms with Crippen LogP contribution >= 0.6 is 11.3 Å². The SMILES string of the molecule is CC(CC(=O)NC(N)=NCCCc1cn(C(c2ccccc2)(c2ccccc2)c2ccccc2)cn1)c1nccs1. The van der Waals surface area contributed by atoms with Crippen LogP contribution in [0.3, 0.4) is 0 Å². The van der Waals surface area contributed by atoms with Gasteiger partial charge in [-0.15, -0.1) is 11.3 Å². The zero-order valence-electron chi connectivity index (χ0n) is 23.1. The van der Waals surface area contributed by atoms with Crippen LogP contribution in [0.25, 0.3) is 0 Å². The number of amides is 1. The first-order valence-corrected chi connectivity index (χ1v) is 14.6. The molecule has 0 saturated carbocycles. The van der Waals surface area contributed by atoms with Crippen LogP contribution in [0.15, 0.2) is 120 Å². The van der Waals surface area contributed by atoms with Gasteiger partial charge in [0.2, 0.25) is 5.91 Å². The maximum atomic E-state index is 12.4. The fraction of sp³-hybridized carbons (Fsp3) is 0.212. The standard InChI is InChI=1S/C33H34N6OS/c1-25(31-35-20-21-41-31)22-30(40)38-32(34)36-19-11-18-29-23-39(24-37-29)33(26-12-5-2-6-13-26,27-14-7-3-8-15-27)28-16-9-4-10-17-28/h2-10,12-17,20-21,23-25H,11,18-19,22H2,1H3,(H3,34,36,38,40). The first kappa shape index (κ1) is 28.0. The van der Waals surface area contributed by atoms with Gasteiger partial charge in [-0.1, -0.05) is 97.9 Å². The molecule has 0 saturated heterocycles. The third-order valence-corrected chi connectivity index (χ3v) is 8.11. The lowest BCUT2D eigenvalue weighted by Gasteiger charge is -2.37. The van der Waals surface area contributed by atoms with Crippen molar-refractivity contribution in [3.63, 3.8) is 0 Å². The summed E-state index contributed by atoms with van der Waals surface area (Å²) in [5, 5.41) is 5.54. The van der Waals surface area contributed by atoms with Crippen molar-refractivity contribution in [3.05, 3.63) is 142 Å². The Kier molecular flexibility index (Phi) is 9.01. The molecule has 8 heteroatoms. The summed E-state index contributed by atoms with van der Waals surface area (Å²) < 4.78 is 2.21. The Hall–Kier alpha value is -4.56. The van der Waals surface area contributed by atoms with Crippen molar-refractivity contribution in [2.24, 2.45) is 10.7 Å². The highest BCUT2D eigenvalue weighted by Gasteiger charge is 2.38. The molecule has 208 valence electrons. The molecule has 5 rings (SSSR count). The van der Waals surface area contributed by atoms with E-state index in [-0.39, 0.29) is 17.8 Å². The minimum atomic E-state index is -0.586. The smallest absolute Gasteiger partial charge is 0.227 e. The monoisotopic (exact) mass is 562 g/mol. The Labute approximate surface area is 244 Å². The lowest BCUT2D eigenvalue weighted by molar-refractivity contribution is -0.120. The molecule has 7 nitrogen and oxygen atoms in total. The number of hydrogen-bond acceptors (Lipinski definition) is 5. The second kappa shape index (κ2) is 13.2. The molecule has 0 aliphatic carbocycles. The minimum absolute atomic E-state index is 0.0349.